The van der Waals surface area contributed by atoms with E-state index in [9.17, 15) is 4.79 Å². The highest BCUT2D eigenvalue weighted by Gasteiger charge is 2.10. The van der Waals surface area contributed by atoms with Gasteiger partial charge in [-0.2, -0.15) is 0 Å². The second-order valence-electron chi connectivity index (χ2n) is 3.38. The predicted octanol–water partition coefficient (Wildman–Crippen LogP) is 3.40. The van der Waals surface area contributed by atoms with Crippen molar-refractivity contribution in [2.45, 2.75) is 4.90 Å². The first-order valence-electron chi connectivity index (χ1n) is 5.18. The van der Waals surface area contributed by atoms with Gasteiger partial charge in [-0.15, -0.1) is 11.8 Å². The van der Waals surface area contributed by atoms with Crippen molar-refractivity contribution in [2.75, 3.05) is 18.7 Å². The monoisotopic (exact) mass is 280 g/mol. The first kappa shape index (κ1) is 12.9. The summed E-state index contributed by atoms with van der Waals surface area (Å²) in [4.78, 5) is 17.1. The number of carbonyl (C=O) groups is 1. The summed E-state index contributed by atoms with van der Waals surface area (Å²) in [7, 11) is 1.36. The molecule has 0 aliphatic heterocycles. The molecule has 0 bridgehead atoms. The van der Waals surface area contributed by atoms with Crippen LogP contribution >= 0.6 is 23.1 Å². The Bertz CT molecular complexity index is 555. The Hall–Kier alpha value is -1.53. The summed E-state index contributed by atoms with van der Waals surface area (Å²) < 4.78 is 4.64. The fraction of sp³-hybridized carbons (Fsp3) is 0.167. The smallest absolute Gasteiger partial charge is 0.349 e. The van der Waals surface area contributed by atoms with Crippen molar-refractivity contribution in [1.82, 2.24) is 4.98 Å². The molecule has 94 valence electrons. The molecule has 18 heavy (non-hydrogen) atoms. The van der Waals surface area contributed by atoms with Gasteiger partial charge in [-0.05, 0) is 24.5 Å². The standard InChI is InChI=1S/C12H12N2O2S2/c1-16-11(15)10-7-13-12(18-10)14-8-4-3-5-9(6-8)17-2/h3-7H,1-2H3,(H,13,14). The van der Waals surface area contributed by atoms with Crippen molar-refractivity contribution in [3.8, 4) is 0 Å². The van der Waals surface area contributed by atoms with E-state index in [1.165, 1.54) is 29.5 Å². The van der Waals surface area contributed by atoms with E-state index in [4.69, 9.17) is 0 Å². The van der Waals surface area contributed by atoms with Crippen molar-refractivity contribution in [3.63, 3.8) is 0 Å². The number of aromatic nitrogens is 1. The molecule has 0 atom stereocenters. The lowest BCUT2D eigenvalue weighted by Crippen LogP contribution is -1.96. The summed E-state index contributed by atoms with van der Waals surface area (Å²) in [6.45, 7) is 0. The minimum atomic E-state index is -0.363. The van der Waals surface area contributed by atoms with E-state index in [-0.39, 0.29) is 5.97 Å². The van der Waals surface area contributed by atoms with Gasteiger partial charge in [0.1, 0.15) is 4.88 Å². The molecule has 0 fully saturated rings. The molecule has 0 unspecified atom stereocenters. The van der Waals surface area contributed by atoms with Crippen LogP contribution in [0.25, 0.3) is 0 Å². The van der Waals surface area contributed by atoms with Gasteiger partial charge in [0.05, 0.1) is 13.3 Å². The van der Waals surface area contributed by atoms with E-state index in [0.717, 1.165) is 5.69 Å². The number of thiazole rings is 1. The van der Waals surface area contributed by atoms with Crippen LogP contribution in [0, 0.1) is 0 Å². The van der Waals surface area contributed by atoms with Gasteiger partial charge in [-0.3, -0.25) is 0 Å². The molecule has 0 saturated heterocycles. The van der Waals surface area contributed by atoms with Gasteiger partial charge in [0.2, 0.25) is 0 Å². The largest absolute Gasteiger partial charge is 0.465 e. The summed E-state index contributed by atoms with van der Waals surface area (Å²) in [5.74, 6) is -0.363. The number of rotatable bonds is 4. The molecule has 4 nitrogen and oxygen atoms in total. The van der Waals surface area contributed by atoms with Crippen molar-refractivity contribution in [1.29, 1.82) is 0 Å². The highest BCUT2D eigenvalue weighted by molar-refractivity contribution is 7.98. The zero-order valence-corrected chi connectivity index (χ0v) is 11.6. The Morgan fingerprint density at radius 2 is 2.33 bits per heavy atom. The fourth-order valence-electron chi connectivity index (χ4n) is 1.35. The van der Waals surface area contributed by atoms with Crippen LogP contribution in [-0.2, 0) is 4.74 Å². The van der Waals surface area contributed by atoms with Crippen LogP contribution in [0.5, 0.6) is 0 Å². The van der Waals surface area contributed by atoms with Crippen molar-refractivity contribution in [3.05, 3.63) is 35.3 Å². The van der Waals surface area contributed by atoms with E-state index < -0.39 is 0 Å². The fourth-order valence-corrected chi connectivity index (χ4v) is 2.57. The van der Waals surface area contributed by atoms with Crippen LogP contribution in [-0.4, -0.2) is 24.3 Å². The Morgan fingerprint density at radius 1 is 1.50 bits per heavy atom. The molecule has 0 amide bonds. The van der Waals surface area contributed by atoms with E-state index in [0.29, 0.717) is 10.0 Å². The maximum Gasteiger partial charge on any atom is 0.349 e. The third-order valence-corrected chi connectivity index (χ3v) is 3.83. The topological polar surface area (TPSA) is 51.2 Å². The highest BCUT2D eigenvalue weighted by atomic mass is 32.2. The zero-order valence-electron chi connectivity index (χ0n) is 9.97. The lowest BCUT2D eigenvalue weighted by atomic mass is 10.3. The number of nitrogens with one attached hydrogen (secondary N) is 1. The van der Waals surface area contributed by atoms with E-state index >= 15 is 0 Å². The Morgan fingerprint density at radius 3 is 3.06 bits per heavy atom. The number of nitrogens with zero attached hydrogens (tertiary/aromatic N) is 1. The maximum atomic E-state index is 11.3. The van der Waals surface area contributed by atoms with Crippen LogP contribution in [0.1, 0.15) is 9.67 Å². The summed E-state index contributed by atoms with van der Waals surface area (Å²) in [6.07, 6.45) is 3.54. The molecular weight excluding hydrogens is 268 g/mol. The van der Waals surface area contributed by atoms with E-state index in [1.54, 1.807) is 11.8 Å². The third-order valence-electron chi connectivity index (χ3n) is 2.21. The van der Waals surface area contributed by atoms with Crippen LogP contribution in [0.2, 0.25) is 0 Å². The number of hydrogen-bond acceptors (Lipinski definition) is 6. The number of hydrogen-bond donors (Lipinski definition) is 1. The molecule has 0 aliphatic rings. The van der Waals surface area contributed by atoms with Gasteiger partial charge in [0, 0.05) is 10.6 Å². The average molecular weight is 280 g/mol. The predicted molar refractivity (Wildman–Crippen MR) is 75.0 cm³/mol. The molecule has 1 N–H and O–H groups in total. The number of benzene rings is 1. The van der Waals surface area contributed by atoms with E-state index in [1.807, 2.05) is 30.5 Å². The average Bonchev–Trinajstić information content (AvgIpc) is 2.86. The minimum Gasteiger partial charge on any atom is -0.465 e. The molecule has 2 aromatic rings. The molecule has 0 aliphatic carbocycles. The molecule has 0 saturated carbocycles. The van der Waals surface area contributed by atoms with Gasteiger partial charge >= 0.3 is 5.97 Å². The minimum absolute atomic E-state index is 0.363. The van der Waals surface area contributed by atoms with Crippen LogP contribution < -0.4 is 5.32 Å². The Labute approximate surface area is 113 Å². The zero-order chi connectivity index (χ0) is 13.0. The number of thioether (sulfide) groups is 1. The molecule has 0 spiro atoms. The molecule has 2 rings (SSSR count). The lowest BCUT2D eigenvalue weighted by molar-refractivity contribution is 0.0606. The van der Waals surface area contributed by atoms with Gasteiger partial charge < -0.3 is 10.1 Å². The summed E-state index contributed by atoms with van der Waals surface area (Å²) in [6, 6.07) is 8.00. The second-order valence-corrected chi connectivity index (χ2v) is 5.29. The highest BCUT2D eigenvalue weighted by Crippen LogP contribution is 2.25. The van der Waals surface area contributed by atoms with Crippen molar-refractivity contribution >= 4 is 39.9 Å². The molecular formula is C12H12N2O2S2. The Balaban J connectivity index is 2.13. The first-order chi connectivity index (χ1) is 8.72. The van der Waals surface area contributed by atoms with Gasteiger partial charge in [-0.1, -0.05) is 17.4 Å². The Kier molecular flexibility index (Phi) is 4.22. The molecule has 6 heteroatoms. The number of anilines is 2. The van der Waals surface area contributed by atoms with Crippen molar-refractivity contribution < 1.29 is 9.53 Å². The normalized spacial score (nSPS) is 10.1. The quantitative estimate of drug-likeness (QED) is 0.687. The summed E-state index contributed by atoms with van der Waals surface area (Å²) >= 11 is 2.95. The lowest BCUT2D eigenvalue weighted by Gasteiger charge is -2.03. The molecule has 1 aromatic carbocycles. The molecule has 0 radical (unpaired) electrons. The summed E-state index contributed by atoms with van der Waals surface area (Å²) in [5, 5.41) is 3.84. The van der Waals surface area contributed by atoms with Crippen molar-refractivity contribution in [2.24, 2.45) is 0 Å². The summed E-state index contributed by atoms with van der Waals surface area (Å²) in [5.41, 5.74) is 0.951. The molecule has 1 heterocycles. The second kappa shape index (κ2) is 5.88. The van der Waals surface area contributed by atoms with Gasteiger partial charge in [0.25, 0.3) is 0 Å². The van der Waals surface area contributed by atoms with Crippen LogP contribution in [0.3, 0.4) is 0 Å². The molecule has 1 aromatic heterocycles. The van der Waals surface area contributed by atoms with Crippen LogP contribution in [0.4, 0.5) is 10.8 Å². The maximum absolute atomic E-state index is 11.3. The third kappa shape index (κ3) is 3.02. The SMILES string of the molecule is COC(=O)c1cnc(Nc2cccc(SC)c2)s1. The van der Waals surface area contributed by atoms with Gasteiger partial charge in [-0.25, -0.2) is 9.78 Å². The van der Waals surface area contributed by atoms with E-state index in [2.05, 4.69) is 15.0 Å². The van der Waals surface area contributed by atoms with Crippen LogP contribution in [0.15, 0.2) is 35.4 Å². The number of ether oxygens (including phenoxy) is 1. The first-order valence-corrected chi connectivity index (χ1v) is 7.22. The number of carbonyl (C=O) groups excluding carboxylic acids is 1. The number of methoxy groups -OCH3 is 1. The number of esters is 1. The van der Waals surface area contributed by atoms with Gasteiger partial charge in [0.15, 0.2) is 5.13 Å².